The van der Waals surface area contributed by atoms with E-state index in [1.165, 1.54) is 12.0 Å². The highest BCUT2D eigenvalue weighted by atomic mass is 35.5. The van der Waals surface area contributed by atoms with Crippen molar-refractivity contribution in [3.8, 4) is 5.75 Å². The molecular weight excluding hydrogens is 490 g/mol. The van der Waals surface area contributed by atoms with E-state index in [1.807, 2.05) is 13.8 Å². The molecule has 0 saturated heterocycles. The topological polar surface area (TPSA) is 96.0 Å². The molecule has 0 aromatic heterocycles. The molecule has 0 aliphatic rings. The molecule has 35 heavy (non-hydrogen) atoms. The number of ether oxygens (including phenoxy) is 1. The number of halogens is 1. The molecule has 0 fully saturated rings. The summed E-state index contributed by atoms with van der Waals surface area (Å²) in [5.74, 6) is -0.549. The van der Waals surface area contributed by atoms with Gasteiger partial charge in [-0.25, -0.2) is 8.42 Å². The Bertz CT molecular complexity index is 1140. The fourth-order valence-electron chi connectivity index (χ4n) is 3.52. The van der Waals surface area contributed by atoms with Gasteiger partial charge in [-0.15, -0.1) is 0 Å². The second-order valence-corrected chi connectivity index (χ2v) is 10.7. The molecule has 0 saturated carbocycles. The fourth-order valence-corrected chi connectivity index (χ4v) is 4.56. The summed E-state index contributed by atoms with van der Waals surface area (Å²) in [6.07, 6.45) is 2.76. The Morgan fingerprint density at radius 2 is 1.86 bits per heavy atom. The number of amides is 2. The van der Waals surface area contributed by atoms with Gasteiger partial charge in [-0.1, -0.05) is 49.2 Å². The van der Waals surface area contributed by atoms with Crippen LogP contribution in [0.2, 0.25) is 5.02 Å². The van der Waals surface area contributed by atoms with Crippen LogP contribution >= 0.6 is 11.6 Å². The number of anilines is 1. The predicted octanol–water partition coefficient (Wildman–Crippen LogP) is 3.76. The van der Waals surface area contributed by atoms with Gasteiger partial charge in [-0.2, -0.15) is 0 Å². The summed E-state index contributed by atoms with van der Waals surface area (Å²) in [6.45, 7) is 5.48. The van der Waals surface area contributed by atoms with Crippen molar-refractivity contribution < 1.29 is 22.7 Å². The van der Waals surface area contributed by atoms with E-state index in [2.05, 4.69) is 5.32 Å². The summed E-state index contributed by atoms with van der Waals surface area (Å²) in [5, 5.41) is 3.29. The Kier molecular flexibility index (Phi) is 10.4. The average Bonchev–Trinajstić information content (AvgIpc) is 2.80. The van der Waals surface area contributed by atoms with Gasteiger partial charge in [0.15, 0.2) is 0 Å². The van der Waals surface area contributed by atoms with Gasteiger partial charge in [0.1, 0.15) is 18.3 Å². The highest BCUT2D eigenvalue weighted by Crippen LogP contribution is 2.31. The zero-order valence-electron chi connectivity index (χ0n) is 20.9. The first kappa shape index (κ1) is 28.5. The minimum atomic E-state index is -3.86. The third kappa shape index (κ3) is 7.86. The molecule has 10 heteroatoms. The number of rotatable bonds is 12. The summed E-state index contributed by atoms with van der Waals surface area (Å²) in [6, 6.07) is 11.3. The molecule has 2 aromatic carbocycles. The number of carbonyl (C=O) groups is 2. The summed E-state index contributed by atoms with van der Waals surface area (Å²) in [5.41, 5.74) is 1.70. The van der Waals surface area contributed by atoms with Crippen molar-refractivity contribution in [1.82, 2.24) is 10.2 Å². The van der Waals surface area contributed by atoms with Gasteiger partial charge in [0.2, 0.25) is 21.8 Å². The molecule has 2 rings (SSSR count). The number of aryl methyl sites for hydroxylation is 1. The van der Waals surface area contributed by atoms with Crippen LogP contribution in [0.15, 0.2) is 42.5 Å². The van der Waals surface area contributed by atoms with E-state index in [0.29, 0.717) is 22.9 Å². The number of carbonyl (C=O) groups excluding carboxylic acids is 2. The number of hydrogen-bond acceptors (Lipinski definition) is 5. The molecule has 8 nitrogen and oxygen atoms in total. The summed E-state index contributed by atoms with van der Waals surface area (Å²) < 4.78 is 31.9. The third-order valence-corrected chi connectivity index (χ3v) is 7.07. The molecule has 0 heterocycles. The van der Waals surface area contributed by atoms with E-state index in [4.69, 9.17) is 16.3 Å². The molecule has 0 bridgehead atoms. The molecule has 1 N–H and O–H groups in total. The summed E-state index contributed by atoms with van der Waals surface area (Å²) in [7, 11) is -2.43. The quantitative estimate of drug-likeness (QED) is 0.427. The fraction of sp³-hybridized carbons (Fsp3) is 0.440. The first-order chi connectivity index (χ1) is 16.5. The van der Waals surface area contributed by atoms with Crippen LogP contribution in [0.3, 0.4) is 0 Å². The number of nitrogens with one attached hydrogen (secondary N) is 1. The minimum absolute atomic E-state index is 0.0451. The lowest BCUT2D eigenvalue weighted by molar-refractivity contribution is -0.139. The maximum absolute atomic E-state index is 13.6. The van der Waals surface area contributed by atoms with Gasteiger partial charge in [0, 0.05) is 18.1 Å². The maximum Gasteiger partial charge on any atom is 0.244 e. The van der Waals surface area contributed by atoms with Crippen molar-refractivity contribution in [1.29, 1.82) is 0 Å². The lowest BCUT2D eigenvalue weighted by Gasteiger charge is -2.32. The molecule has 0 spiro atoms. The molecule has 0 aliphatic carbocycles. The van der Waals surface area contributed by atoms with E-state index < -0.39 is 28.5 Å². The van der Waals surface area contributed by atoms with Gasteiger partial charge >= 0.3 is 0 Å². The van der Waals surface area contributed by atoms with Gasteiger partial charge in [-0.05, 0) is 49.6 Å². The first-order valence-electron chi connectivity index (χ1n) is 11.4. The van der Waals surface area contributed by atoms with E-state index >= 15 is 0 Å². The zero-order chi connectivity index (χ0) is 26.2. The second-order valence-electron chi connectivity index (χ2n) is 8.38. The SMILES string of the molecule is CCCCNC(=O)C(C)N(Cc1ccccc1Cl)C(=O)CN(c1cc(C)ccc1OC)S(C)(=O)=O. The lowest BCUT2D eigenvalue weighted by Crippen LogP contribution is -2.51. The number of unbranched alkanes of at least 4 members (excludes halogenated alkanes) is 1. The number of benzene rings is 2. The second kappa shape index (κ2) is 12.8. The summed E-state index contributed by atoms with van der Waals surface area (Å²) >= 11 is 6.33. The molecule has 0 radical (unpaired) electrons. The zero-order valence-corrected chi connectivity index (χ0v) is 22.4. The van der Waals surface area contributed by atoms with Crippen molar-refractivity contribution in [2.75, 3.05) is 30.8 Å². The largest absolute Gasteiger partial charge is 0.495 e. The van der Waals surface area contributed by atoms with Gasteiger partial charge in [-0.3, -0.25) is 13.9 Å². The van der Waals surface area contributed by atoms with E-state index in [-0.39, 0.29) is 18.1 Å². The highest BCUT2D eigenvalue weighted by molar-refractivity contribution is 7.92. The van der Waals surface area contributed by atoms with Crippen molar-refractivity contribution in [2.24, 2.45) is 0 Å². The third-order valence-electron chi connectivity index (χ3n) is 5.58. The van der Waals surface area contributed by atoms with Crippen LogP contribution in [0.25, 0.3) is 0 Å². The predicted molar refractivity (Wildman–Crippen MR) is 139 cm³/mol. The Morgan fingerprint density at radius 3 is 2.46 bits per heavy atom. The molecule has 2 amide bonds. The van der Waals surface area contributed by atoms with Crippen molar-refractivity contribution in [3.63, 3.8) is 0 Å². The Balaban J connectivity index is 2.43. The van der Waals surface area contributed by atoms with Crippen LogP contribution < -0.4 is 14.4 Å². The lowest BCUT2D eigenvalue weighted by atomic mass is 10.1. The monoisotopic (exact) mass is 523 g/mol. The maximum atomic E-state index is 13.6. The van der Waals surface area contributed by atoms with Crippen LogP contribution in [-0.4, -0.2) is 57.6 Å². The molecular formula is C25H34ClN3O5S. The standard InChI is InChI=1S/C25H34ClN3O5S/c1-6-7-14-27-25(31)19(3)28(16-20-10-8-9-11-21(20)26)24(30)17-29(35(5,32)33)22-15-18(2)12-13-23(22)34-4/h8-13,15,19H,6-7,14,16-17H2,1-5H3,(H,27,31). The molecule has 192 valence electrons. The van der Waals surface area contributed by atoms with Gasteiger partial charge in [0.25, 0.3) is 0 Å². The Hall–Kier alpha value is -2.78. The van der Waals surface area contributed by atoms with Crippen molar-refractivity contribution in [3.05, 3.63) is 58.6 Å². The molecule has 0 aliphatic heterocycles. The summed E-state index contributed by atoms with van der Waals surface area (Å²) in [4.78, 5) is 27.8. The number of hydrogen-bond donors (Lipinski definition) is 1. The smallest absolute Gasteiger partial charge is 0.244 e. The van der Waals surface area contributed by atoms with Crippen LogP contribution in [-0.2, 0) is 26.2 Å². The van der Waals surface area contributed by atoms with Crippen molar-refractivity contribution in [2.45, 2.75) is 46.2 Å². The average molecular weight is 524 g/mol. The van der Waals surface area contributed by atoms with Crippen molar-refractivity contribution >= 4 is 39.1 Å². The number of sulfonamides is 1. The van der Waals surface area contributed by atoms with E-state index in [1.54, 1.807) is 49.4 Å². The van der Waals surface area contributed by atoms with Crippen LogP contribution in [0.5, 0.6) is 5.75 Å². The van der Waals surface area contributed by atoms with E-state index in [0.717, 1.165) is 29.0 Å². The first-order valence-corrected chi connectivity index (χ1v) is 13.6. The minimum Gasteiger partial charge on any atom is -0.495 e. The molecule has 2 aromatic rings. The van der Waals surface area contributed by atoms with E-state index in [9.17, 15) is 18.0 Å². The normalized spacial score (nSPS) is 12.1. The Labute approximate surface area is 213 Å². The molecule has 1 unspecified atom stereocenters. The van der Waals surface area contributed by atoms with Gasteiger partial charge in [0.05, 0.1) is 19.1 Å². The van der Waals surface area contributed by atoms with Crippen LogP contribution in [0.4, 0.5) is 5.69 Å². The highest BCUT2D eigenvalue weighted by Gasteiger charge is 2.31. The Morgan fingerprint density at radius 1 is 1.17 bits per heavy atom. The van der Waals surface area contributed by atoms with Gasteiger partial charge < -0.3 is 15.0 Å². The number of nitrogens with zero attached hydrogens (tertiary/aromatic N) is 2. The van der Waals surface area contributed by atoms with Crippen LogP contribution in [0.1, 0.15) is 37.8 Å². The molecule has 1 atom stereocenters. The number of methoxy groups -OCH3 is 1. The van der Waals surface area contributed by atoms with Crippen LogP contribution in [0, 0.1) is 6.92 Å².